The third kappa shape index (κ3) is 4.90. The van der Waals surface area contributed by atoms with E-state index < -0.39 is 16.1 Å². The number of carbonyl (C=O) groups is 1. The SMILES string of the molecule is CC(=O)N(C)CCN(c1cnn(C)c1)S(=O)(=O)/N=C(\[O-])Cc1c2c(cc3c1CCC3)CCC2. The average Bonchev–Trinajstić information content (AvgIpc) is 3.48. The number of carbonyl (C=O) groups excluding carboxylic acids is 1. The minimum atomic E-state index is -4.31. The maximum Gasteiger partial charge on any atom is 0.343 e. The van der Waals surface area contributed by atoms with Gasteiger partial charge in [-0.15, -0.1) is 0 Å². The second kappa shape index (κ2) is 9.17. The Labute approximate surface area is 194 Å². The fourth-order valence-electron chi connectivity index (χ4n) is 4.82. The van der Waals surface area contributed by atoms with Crippen molar-refractivity contribution >= 4 is 27.7 Å². The molecule has 1 aromatic carbocycles. The number of amides is 1. The first-order chi connectivity index (χ1) is 15.7. The minimum absolute atomic E-state index is 0.00103. The first-order valence-electron chi connectivity index (χ1n) is 11.3. The van der Waals surface area contributed by atoms with Crippen LogP contribution in [-0.4, -0.2) is 55.0 Å². The summed E-state index contributed by atoms with van der Waals surface area (Å²) in [6.07, 6.45) is 8.95. The Hall–Kier alpha value is -2.88. The summed E-state index contributed by atoms with van der Waals surface area (Å²) < 4.78 is 32.6. The smallest absolute Gasteiger partial charge is 0.343 e. The van der Waals surface area contributed by atoms with Gasteiger partial charge in [0.25, 0.3) is 0 Å². The fourth-order valence-corrected chi connectivity index (χ4v) is 5.92. The molecule has 9 nitrogen and oxygen atoms in total. The molecular weight excluding hydrogens is 442 g/mol. The molecule has 0 radical (unpaired) electrons. The number of nitrogens with zero attached hydrogens (tertiary/aromatic N) is 5. The number of hydrogen-bond acceptors (Lipinski definition) is 5. The number of aryl methyl sites for hydroxylation is 3. The standard InChI is InChI=1S/C23H31N5O4S/c1-16(29)26(2)10-11-28(19-14-24-27(3)15-19)33(31,32)25-23(30)13-22-20-8-4-6-17(20)12-18-7-5-9-21(18)22/h12,14-15H,4-11,13H2,1-3H3,(H,25,30)/p-1. The van der Waals surface area contributed by atoms with Crippen molar-refractivity contribution in [2.24, 2.45) is 11.4 Å². The van der Waals surface area contributed by atoms with Gasteiger partial charge in [0.2, 0.25) is 5.91 Å². The highest BCUT2D eigenvalue weighted by atomic mass is 32.2. The summed E-state index contributed by atoms with van der Waals surface area (Å²) in [5.41, 5.74) is 6.31. The zero-order valence-corrected chi connectivity index (χ0v) is 20.2. The second-order valence-corrected chi connectivity index (χ2v) is 10.4. The van der Waals surface area contributed by atoms with E-state index >= 15 is 0 Å². The monoisotopic (exact) mass is 472 g/mol. The van der Waals surface area contributed by atoms with Crippen molar-refractivity contribution in [1.82, 2.24) is 14.7 Å². The Morgan fingerprint density at radius 2 is 1.79 bits per heavy atom. The van der Waals surface area contributed by atoms with Gasteiger partial charge >= 0.3 is 10.2 Å². The molecule has 0 unspecified atom stereocenters. The lowest BCUT2D eigenvalue weighted by atomic mass is 9.92. The van der Waals surface area contributed by atoms with E-state index in [4.69, 9.17) is 0 Å². The van der Waals surface area contributed by atoms with Gasteiger partial charge in [-0.2, -0.15) is 17.9 Å². The van der Waals surface area contributed by atoms with Gasteiger partial charge in [0.05, 0.1) is 18.4 Å². The van der Waals surface area contributed by atoms with E-state index in [1.54, 1.807) is 20.3 Å². The van der Waals surface area contributed by atoms with Crippen molar-refractivity contribution in [3.05, 3.63) is 46.3 Å². The van der Waals surface area contributed by atoms with Gasteiger partial charge in [0, 0.05) is 40.2 Å². The molecule has 2 aromatic rings. The molecule has 33 heavy (non-hydrogen) atoms. The van der Waals surface area contributed by atoms with Gasteiger partial charge in [-0.1, -0.05) is 6.07 Å². The summed E-state index contributed by atoms with van der Waals surface area (Å²) in [5, 5.41) is 17.0. The highest BCUT2D eigenvalue weighted by Crippen LogP contribution is 2.35. The molecule has 0 saturated carbocycles. The Balaban J connectivity index is 1.63. The zero-order valence-electron chi connectivity index (χ0n) is 19.4. The molecule has 1 amide bonds. The Morgan fingerprint density at radius 1 is 1.15 bits per heavy atom. The molecule has 178 valence electrons. The lowest BCUT2D eigenvalue weighted by Gasteiger charge is -2.25. The van der Waals surface area contributed by atoms with Crippen LogP contribution >= 0.6 is 0 Å². The zero-order chi connectivity index (χ0) is 23.8. The van der Waals surface area contributed by atoms with E-state index in [-0.39, 0.29) is 25.4 Å². The van der Waals surface area contributed by atoms with Crippen LogP contribution in [0, 0.1) is 0 Å². The van der Waals surface area contributed by atoms with Crippen LogP contribution in [0.4, 0.5) is 5.69 Å². The number of aromatic nitrogens is 2. The van der Waals surface area contributed by atoms with Gasteiger partial charge in [0.1, 0.15) is 0 Å². The van der Waals surface area contributed by atoms with Crippen LogP contribution in [0.1, 0.15) is 47.6 Å². The van der Waals surface area contributed by atoms with Gasteiger partial charge < -0.3 is 10.0 Å². The molecule has 0 atom stereocenters. The molecule has 1 heterocycles. The van der Waals surface area contributed by atoms with Crippen LogP contribution in [0.25, 0.3) is 0 Å². The van der Waals surface area contributed by atoms with Gasteiger partial charge in [-0.3, -0.25) is 9.48 Å². The molecule has 2 aliphatic carbocycles. The quantitative estimate of drug-likeness (QED) is 0.419. The maximum absolute atomic E-state index is 13.2. The highest BCUT2D eigenvalue weighted by Gasteiger charge is 2.26. The molecule has 2 aliphatic rings. The van der Waals surface area contributed by atoms with Crippen LogP contribution in [0.2, 0.25) is 0 Å². The van der Waals surface area contributed by atoms with E-state index in [2.05, 4.69) is 15.6 Å². The molecular formula is C23H30N5O4S-. The van der Waals surface area contributed by atoms with Crippen molar-refractivity contribution in [2.75, 3.05) is 24.4 Å². The van der Waals surface area contributed by atoms with E-state index in [1.807, 2.05) is 0 Å². The second-order valence-electron chi connectivity index (χ2n) is 8.86. The van der Waals surface area contributed by atoms with Crippen molar-refractivity contribution < 1.29 is 18.3 Å². The summed E-state index contributed by atoms with van der Waals surface area (Å²) in [6.45, 7) is 1.54. The van der Waals surface area contributed by atoms with Crippen molar-refractivity contribution in [3.8, 4) is 0 Å². The normalized spacial score (nSPS) is 15.4. The third-order valence-corrected chi connectivity index (χ3v) is 7.96. The van der Waals surface area contributed by atoms with Gasteiger partial charge in [-0.25, -0.2) is 4.31 Å². The lowest BCUT2D eigenvalue weighted by molar-refractivity contribution is -0.217. The van der Waals surface area contributed by atoms with Crippen molar-refractivity contribution in [1.29, 1.82) is 0 Å². The molecule has 0 bridgehead atoms. The molecule has 0 aliphatic heterocycles. The number of rotatable bonds is 8. The molecule has 1 aromatic heterocycles. The predicted molar refractivity (Wildman–Crippen MR) is 124 cm³/mol. The van der Waals surface area contributed by atoms with Gasteiger partial charge in [-0.05, 0) is 72.2 Å². The number of fused-ring (bicyclic) bond motifs is 2. The van der Waals surface area contributed by atoms with E-state index in [0.29, 0.717) is 5.69 Å². The van der Waals surface area contributed by atoms with Crippen LogP contribution < -0.4 is 9.41 Å². The van der Waals surface area contributed by atoms with Crippen LogP contribution in [0.15, 0.2) is 22.9 Å². The number of benzene rings is 1. The summed E-state index contributed by atoms with van der Waals surface area (Å²) in [7, 11) is -1.05. The number of likely N-dealkylation sites (N-methyl/N-ethyl adjacent to an activating group) is 1. The topological polar surface area (TPSA) is 111 Å². The summed E-state index contributed by atoms with van der Waals surface area (Å²) in [4.78, 5) is 13.0. The largest absolute Gasteiger partial charge is 0.861 e. The average molecular weight is 473 g/mol. The Kier molecular flexibility index (Phi) is 6.47. The number of hydrogen-bond donors (Lipinski definition) is 0. The molecule has 0 saturated heterocycles. The molecule has 0 spiro atoms. The summed E-state index contributed by atoms with van der Waals surface area (Å²) in [5.74, 6) is -0.850. The minimum Gasteiger partial charge on any atom is -0.861 e. The van der Waals surface area contributed by atoms with E-state index in [9.17, 15) is 18.3 Å². The summed E-state index contributed by atoms with van der Waals surface area (Å²) >= 11 is 0. The Morgan fingerprint density at radius 3 is 2.33 bits per heavy atom. The summed E-state index contributed by atoms with van der Waals surface area (Å²) in [6, 6.07) is 2.28. The van der Waals surface area contributed by atoms with E-state index in [1.165, 1.54) is 45.0 Å². The lowest BCUT2D eigenvalue weighted by Crippen LogP contribution is -2.39. The first kappa shape index (κ1) is 23.3. The van der Waals surface area contributed by atoms with Crippen LogP contribution in [0.5, 0.6) is 0 Å². The van der Waals surface area contributed by atoms with Gasteiger partial charge in [0.15, 0.2) is 0 Å². The van der Waals surface area contributed by atoms with Crippen LogP contribution in [0.3, 0.4) is 0 Å². The molecule has 10 heteroatoms. The predicted octanol–water partition coefficient (Wildman–Crippen LogP) is 0.929. The number of anilines is 1. The fraction of sp³-hybridized carbons (Fsp3) is 0.522. The molecule has 4 rings (SSSR count). The Bertz CT molecular complexity index is 1170. The first-order valence-corrected chi connectivity index (χ1v) is 12.7. The van der Waals surface area contributed by atoms with E-state index in [0.717, 1.165) is 48.4 Å². The van der Waals surface area contributed by atoms with Crippen molar-refractivity contribution in [2.45, 2.75) is 51.9 Å². The molecule has 0 fully saturated rings. The highest BCUT2D eigenvalue weighted by molar-refractivity contribution is 7.91. The van der Waals surface area contributed by atoms with Crippen LogP contribution in [-0.2, 0) is 54.2 Å². The van der Waals surface area contributed by atoms with Crippen molar-refractivity contribution in [3.63, 3.8) is 0 Å². The maximum atomic E-state index is 13.2. The molecule has 0 N–H and O–H groups in total. The third-order valence-electron chi connectivity index (χ3n) is 6.58.